The highest BCUT2D eigenvalue weighted by Gasteiger charge is 2.37. The fourth-order valence-corrected chi connectivity index (χ4v) is 2.69. The highest BCUT2D eigenvalue weighted by Crippen LogP contribution is 2.33. The van der Waals surface area contributed by atoms with Gasteiger partial charge in [0.15, 0.2) is 0 Å². The Morgan fingerprint density at radius 2 is 2.10 bits per heavy atom. The van der Waals surface area contributed by atoms with E-state index in [0.29, 0.717) is 30.9 Å². The summed E-state index contributed by atoms with van der Waals surface area (Å²) in [7, 11) is 0. The molecule has 0 bridgehead atoms. The molecule has 1 aromatic carbocycles. The molecule has 2 N–H and O–H groups in total. The topological polar surface area (TPSA) is 75.6 Å². The second-order valence-electron chi connectivity index (χ2n) is 5.35. The van der Waals surface area contributed by atoms with Crippen molar-refractivity contribution in [3.8, 4) is 5.75 Å². The molecule has 21 heavy (non-hydrogen) atoms. The molecule has 1 fully saturated rings. The first kappa shape index (κ1) is 15.4. The number of benzene rings is 1. The maximum atomic E-state index is 12.2. The Balaban J connectivity index is 2.00. The zero-order valence-corrected chi connectivity index (χ0v) is 12.2. The van der Waals surface area contributed by atoms with E-state index in [1.165, 1.54) is 0 Å². The summed E-state index contributed by atoms with van der Waals surface area (Å²) in [5.41, 5.74) is 0.643. The number of carboxylic acids is 1. The summed E-state index contributed by atoms with van der Waals surface area (Å²) in [4.78, 5) is 23.4. The lowest BCUT2D eigenvalue weighted by molar-refractivity contribution is -0.145. The van der Waals surface area contributed by atoms with Crippen molar-refractivity contribution >= 4 is 17.6 Å². The van der Waals surface area contributed by atoms with E-state index in [2.05, 4.69) is 5.32 Å². The number of carboxylic acid groups (broad SMARTS) is 1. The number of hydrogen-bond donors (Lipinski definition) is 2. The lowest BCUT2D eigenvalue weighted by Gasteiger charge is -2.16. The van der Waals surface area contributed by atoms with Crippen molar-refractivity contribution in [2.24, 2.45) is 11.8 Å². The number of hydrogen-bond acceptors (Lipinski definition) is 3. The summed E-state index contributed by atoms with van der Waals surface area (Å²) in [6.45, 7) is 2.65. The van der Waals surface area contributed by atoms with Gasteiger partial charge in [-0.25, -0.2) is 0 Å². The van der Waals surface area contributed by atoms with Crippen LogP contribution < -0.4 is 10.1 Å². The van der Waals surface area contributed by atoms with E-state index in [-0.39, 0.29) is 5.91 Å². The second kappa shape index (κ2) is 7.11. The van der Waals surface area contributed by atoms with Crippen molar-refractivity contribution in [3.63, 3.8) is 0 Å². The SMILES string of the molecule is CCCOc1cccc(NC(=O)[C@@H]2CCC[C@@H]2C(=O)O)c1. The summed E-state index contributed by atoms with van der Waals surface area (Å²) in [6, 6.07) is 7.19. The van der Waals surface area contributed by atoms with Gasteiger partial charge in [0.1, 0.15) is 5.75 Å². The van der Waals surface area contributed by atoms with Crippen molar-refractivity contribution in [2.45, 2.75) is 32.6 Å². The van der Waals surface area contributed by atoms with E-state index < -0.39 is 17.8 Å². The fourth-order valence-electron chi connectivity index (χ4n) is 2.69. The van der Waals surface area contributed by atoms with Gasteiger partial charge >= 0.3 is 5.97 Å². The number of nitrogens with one attached hydrogen (secondary N) is 1. The Bertz CT molecular complexity index is 515. The molecule has 1 aromatic rings. The smallest absolute Gasteiger partial charge is 0.307 e. The quantitative estimate of drug-likeness (QED) is 0.845. The van der Waals surface area contributed by atoms with Crippen LogP contribution in [-0.4, -0.2) is 23.6 Å². The first-order valence-corrected chi connectivity index (χ1v) is 7.38. The predicted molar refractivity (Wildman–Crippen MR) is 79.3 cm³/mol. The third-order valence-corrected chi connectivity index (χ3v) is 3.74. The summed E-state index contributed by atoms with van der Waals surface area (Å²) >= 11 is 0. The standard InChI is InChI=1S/C16H21NO4/c1-2-9-21-12-6-3-5-11(10-12)17-15(18)13-7-4-8-14(13)16(19)20/h3,5-6,10,13-14H,2,4,7-9H2,1H3,(H,17,18)(H,19,20)/t13-,14+/m1/s1. The first-order valence-electron chi connectivity index (χ1n) is 7.38. The lowest BCUT2D eigenvalue weighted by Crippen LogP contribution is -2.29. The van der Waals surface area contributed by atoms with Crippen LogP contribution in [0.1, 0.15) is 32.6 Å². The van der Waals surface area contributed by atoms with Gasteiger partial charge in [-0.3, -0.25) is 9.59 Å². The van der Waals surface area contributed by atoms with Crippen LogP contribution in [0.3, 0.4) is 0 Å². The molecule has 114 valence electrons. The van der Waals surface area contributed by atoms with Crippen molar-refractivity contribution in [3.05, 3.63) is 24.3 Å². The van der Waals surface area contributed by atoms with Crippen LogP contribution in [-0.2, 0) is 9.59 Å². The van der Waals surface area contributed by atoms with Crippen LogP contribution in [0.2, 0.25) is 0 Å². The maximum absolute atomic E-state index is 12.2. The van der Waals surface area contributed by atoms with Gasteiger partial charge in [0.05, 0.1) is 18.4 Å². The van der Waals surface area contributed by atoms with E-state index in [1.54, 1.807) is 12.1 Å². The highest BCUT2D eigenvalue weighted by molar-refractivity contribution is 5.95. The van der Waals surface area contributed by atoms with Crippen LogP contribution in [0.4, 0.5) is 5.69 Å². The molecule has 0 unspecified atom stereocenters. The minimum Gasteiger partial charge on any atom is -0.494 e. The molecule has 0 aromatic heterocycles. The Morgan fingerprint density at radius 1 is 1.33 bits per heavy atom. The van der Waals surface area contributed by atoms with E-state index in [0.717, 1.165) is 12.8 Å². The molecule has 5 nitrogen and oxygen atoms in total. The van der Waals surface area contributed by atoms with Crippen LogP contribution >= 0.6 is 0 Å². The lowest BCUT2D eigenvalue weighted by atomic mass is 9.95. The molecule has 1 saturated carbocycles. The van der Waals surface area contributed by atoms with E-state index in [9.17, 15) is 9.59 Å². The average Bonchev–Trinajstić information content (AvgIpc) is 2.95. The Morgan fingerprint density at radius 3 is 2.81 bits per heavy atom. The molecular formula is C16H21NO4. The number of amides is 1. The van der Waals surface area contributed by atoms with E-state index >= 15 is 0 Å². The molecule has 2 rings (SSSR count). The normalized spacial score (nSPS) is 21.0. The van der Waals surface area contributed by atoms with Crippen LogP contribution in [0.15, 0.2) is 24.3 Å². The zero-order chi connectivity index (χ0) is 15.2. The van der Waals surface area contributed by atoms with Gasteiger partial charge in [-0.1, -0.05) is 19.4 Å². The van der Waals surface area contributed by atoms with Gasteiger partial charge in [-0.2, -0.15) is 0 Å². The monoisotopic (exact) mass is 291 g/mol. The molecule has 5 heteroatoms. The number of carbonyl (C=O) groups is 2. The molecule has 0 radical (unpaired) electrons. The van der Waals surface area contributed by atoms with Crippen molar-refractivity contribution in [1.82, 2.24) is 0 Å². The number of anilines is 1. The van der Waals surface area contributed by atoms with Gasteiger partial charge in [0, 0.05) is 11.8 Å². The largest absolute Gasteiger partial charge is 0.494 e. The molecule has 0 saturated heterocycles. The van der Waals surface area contributed by atoms with E-state index in [4.69, 9.17) is 9.84 Å². The number of rotatable bonds is 6. The molecule has 2 atom stereocenters. The highest BCUT2D eigenvalue weighted by atomic mass is 16.5. The van der Waals surface area contributed by atoms with Crippen molar-refractivity contribution in [1.29, 1.82) is 0 Å². The predicted octanol–water partition coefficient (Wildman–Crippen LogP) is 2.91. The Hall–Kier alpha value is -2.04. The minimum absolute atomic E-state index is 0.215. The second-order valence-corrected chi connectivity index (χ2v) is 5.35. The van der Waals surface area contributed by atoms with Gasteiger partial charge in [0.2, 0.25) is 5.91 Å². The summed E-state index contributed by atoms with van der Waals surface area (Å²) in [6.07, 6.45) is 2.91. The maximum Gasteiger partial charge on any atom is 0.307 e. The number of carbonyl (C=O) groups excluding carboxylic acids is 1. The summed E-state index contributed by atoms with van der Waals surface area (Å²) in [5.74, 6) is -1.40. The molecule has 0 heterocycles. The molecular weight excluding hydrogens is 270 g/mol. The van der Waals surface area contributed by atoms with Crippen LogP contribution in [0, 0.1) is 11.8 Å². The summed E-state index contributed by atoms with van der Waals surface area (Å²) in [5, 5.41) is 11.9. The first-order chi connectivity index (χ1) is 10.1. The van der Waals surface area contributed by atoms with Crippen molar-refractivity contribution in [2.75, 3.05) is 11.9 Å². The Labute approximate surface area is 124 Å². The molecule has 0 aliphatic heterocycles. The average molecular weight is 291 g/mol. The Kier molecular flexibility index (Phi) is 5.20. The van der Waals surface area contributed by atoms with Gasteiger partial charge in [-0.15, -0.1) is 0 Å². The van der Waals surface area contributed by atoms with Gasteiger partial charge in [-0.05, 0) is 31.4 Å². The van der Waals surface area contributed by atoms with Gasteiger partial charge in [0.25, 0.3) is 0 Å². The number of aliphatic carboxylic acids is 1. The van der Waals surface area contributed by atoms with Crippen LogP contribution in [0.5, 0.6) is 5.75 Å². The van der Waals surface area contributed by atoms with E-state index in [1.807, 2.05) is 19.1 Å². The molecule has 1 amide bonds. The zero-order valence-electron chi connectivity index (χ0n) is 12.2. The number of ether oxygens (including phenoxy) is 1. The van der Waals surface area contributed by atoms with Crippen molar-refractivity contribution < 1.29 is 19.4 Å². The fraction of sp³-hybridized carbons (Fsp3) is 0.500. The van der Waals surface area contributed by atoms with Gasteiger partial charge < -0.3 is 15.2 Å². The summed E-state index contributed by atoms with van der Waals surface area (Å²) < 4.78 is 5.52. The third kappa shape index (κ3) is 3.97. The van der Waals surface area contributed by atoms with Crippen LogP contribution in [0.25, 0.3) is 0 Å². The molecule has 1 aliphatic carbocycles. The molecule has 0 spiro atoms. The third-order valence-electron chi connectivity index (χ3n) is 3.74. The molecule has 1 aliphatic rings. The minimum atomic E-state index is -0.882.